The Balaban J connectivity index is 0.000000221. The molecule has 14 rings (SSSR count). The van der Waals surface area contributed by atoms with Crippen LogP contribution in [-0.2, 0) is 52.6 Å². The number of hydrogen-bond acceptors (Lipinski definition) is 12. The summed E-state index contributed by atoms with van der Waals surface area (Å²) in [6, 6.07) is 33.8. The molecule has 7 aliphatic heterocycles. The zero-order valence-corrected chi connectivity index (χ0v) is 100. The third-order valence-corrected chi connectivity index (χ3v) is 38.0. The number of hydrogen-bond donors (Lipinski definition) is 2. The van der Waals surface area contributed by atoms with Crippen molar-refractivity contribution < 1.29 is 81.7 Å². The van der Waals surface area contributed by atoms with Crippen LogP contribution in [0.15, 0.2) is 241 Å². The van der Waals surface area contributed by atoms with Gasteiger partial charge < -0.3 is 67.3 Å². The van der Waals surface area contributed by atoms with Gasteiger partial charge >= 0.3 is 0 Å². The first-order valence-corrected chi connectivity index (χ1v) is 58.4. The van der Waals surface area contributed by atoms with E-state index in [1.54, 1.807) is 20.8 Å². The number of fused-ring (bicyclic) bond motifs is 3. The lowest BCUT2D eigenvalue weighted by Gasteiger charge is -2.38. The van der Waals surface area contributed by atoms with Crippen LogP contribution in [0.1, 0.15) is 368 Å². The number of aromatic hydroxyl groups is 1. The Bertz CT molecular complexity index is 5730. The number of halogens is 1. The molecule has 0 spiro atoms. The molecule has 8 aliphatic rings. The molecule has 6 aromatic rings. The first kappa shape index (κ1) is 125. The minimum absolute atomic E-state index is 0. The van der Waals surface area contributed by atoms with Crippen LogP contribution in [0.5, 0.6) is 23.0 Å². The molecule has 0 aromatic heterocycles. The van der Waals surface area contributed by atoms with Gasteiger partial charge in [-0.2, -0.15) is 0 Å². The molecule has 150 heavy (non-hydrogen) atoms. The van der Waals surface area contributed by atoms with Crippen molar-refractivity contribution in [2.45, 2.75) is 408 Å². The van der Waals surface area contributed by atoms with Gasteiger partial charge in [0, 0.05) is 27.9 Å². The van der Waals surface area contributed by atoms with E-state index in [0.717, 1.165) is 241 Å². The maximum absolute atomic E-state index is 12.6. The van der Waals surface area contributed by atoms with Gasteiger partial charge in [0.1, 0.15) is 76.2 Å². The first-order valence-electron chi connectivity index (χ1n) is 56.4. The molecule has 2 N–H and O–H groups in total. The summed E-state index contributed by atoms with van der Waals surface area (Å²) in [6.45, 7) is 61.6. The molecule has 0 bridgehead atoms. The van der Waals surface area contributed by atoms with Crippen LogP contribution in [0.2, 0.25) is 0 Å². The molecule has 816 valence electrons. The molecule has 4 saturated heterocycles. The standard InChI is InChI=1S/C45H56OP.C30H44O2.C29H42O4.C29H42O3.C3H4O2.HI/c1-34(22-18-31-45(7)32-30-43-38(5)36(3)37(4)39(6)44(43)46-45)20-17-21-35(2)23-19-33-47(40-24-11-8-12-25-40,41-26-13-9-14-27-41)42-28-15-10-16-29-42;1-21(13-9-15-27-19-31-20-27)11-8-12-22(2)14-10-17-30(7)18-16-28-25(5)23(3)24(4)26(6)29(28)32-30;1-20(12-8-14-25-18-33-19-25)10-7-11-21(2)13-9-16-29(6,32)17-15-26-24(5)27(30)22(3)23(4)28(26)31;1-20(12-8-14-25-18-31-19-25)10-7-11-21(2)13-9-16-29(6)17-15-26-24(5)27(30)22(3)23(4)28(26)32-29;4-3-1-5-2-3;/h8-16,21-22,24-29H,17-20,23,30-33H2,1-7H3;11,14-15H,8-10,12-13,16-20H2,1-7H3;10,13-14,32H,7-9,11-12,15-19H2,1-6H3;10,13-14,30H,7-9,11-12,15-19H2,1-6H3;1-2H2;1H/q+1;;;;;/p-1/b34-22+,35-21+;21-11+,22-14+;2*20-10+,21-13+;;/t45-;30-;2*29-;;/m1111../s1. The van der Waals surface area contributed by atoms with Gasteiger partial charge in [0.25, 0.3) is 0 Å². The quantitative estimate of drug-likeness (QED) is 0.0162. The van der Waals surface area contributed by atoms with Gasteiger partial charge in [0.2, 0.25) is 0 Å². The number of phenols is 1. The third kappa shape index (κ3) is 36.6. The summed E-state index contributed by atoms with van der Waals surface area (Å²) in [6.07, 6.45) is 60.5. The zero-order chi connectivity index (χ0) is 108. The molecular formula is C136H188IO12P. The average Bonchev–Trinajstić information content (AvgIpc) is 0.763. The van der Waals surface area contributed by atoms with Gasteiger partial charge in [-0.1, -0.05) is 166 Å². The monoisotopic (exact) mass is 2170 g/mol. The molecule has 14 heteroatoms. The van der Waals surface area contributed by atoms with E-state index in [1.807, 2.05) is 20.8 Å². The van der Waals surface area contributed by atoms with Gasteiger partial charge in [-0.15, -0.1) is 0 Å². The fraction of sp³-hybridized carbons (Fsp3) is 0.522. The van der Waals surface area contributed by atoms with Crippen LogP contribution in [0, 0.1) is 76.2 Å². The summed E-state index contributed by atoms with van der Waals surface area (Å²) in [7, 11) is -1.76. The van der Waals surface area contributed by atoms with Crippen molar-refractivity contribution in [3.8, 4) is 23.0 Å². The van der Waals surface area contributed by atoms with Gasteiger partial charge in [-0.25, -0.2) is 0 Å². The van der Waals surface area contributed by atoms with E-state index in [2.05, 4.69) is 301 Å². The zero-order valence-electron chi connectivity index (χ0n) is 97.3. The highest BCUT2D eigenvalue weighted by molar-refractivity contribution is 7.95. The number of carbonyl (C=O) groups excluding carboxylic acids is 3. The molecule has 4 atom stereocenters. The Morgan fingerprint density at radius 2 is 0.620 bits per heavy atom. The highest BCUT2D eigenvalue weighted by Gasteiger charge is 2.45. The van der Waals surface area contributed by atoms with Crippen LogP contribution in [0.3, 0.4) is 0 Å². The lowest BCUT2D eigenvalue weighted by atomic mass is 9.82. The summed E-state index contributed by atoms with van der Waals surface area (Å²) < 4.78 is 40.0. The number of allylic oxidation sites excluding steroid dienone is 23. The molecule has 0 radical (unpaired) electrons. The molecule has 0 amide bonds. The SMILES string of the molecule is C/C(=C\CC/C(C)=C/CC[C@]1(C)CCc2c(C)c(C)c(C)c(C)c2O1)CCC=C1COC1.C/C(=C\CC/C(C)=C/CC[C@]1(C)CCc2c(C)c(O)c(C)c(C)c2O1)CCC=C1COC1.C/C(=C\CC[C@]1(C)CCc2c(C)c(C)c(C)c(C)c2O1)CC/C=C(\C)CCC[P+](c1ccccc1)(c1ccccc1)c1ccccc1.CC1=C(C)C(=O)C(CC[C@](C)(O)CC/C=C(\C)CC/C=C(\C)CCC=C2COC2)=C(C)C1=O.O=C1COC1.[I-]. The molecule has 4 fully saturated rings. The second-order valence-corrected chi connectivity index (χ2v) is 49.5. The molecular weight excluding hydrogens is 1980 g/mol. The normalized spacial score (nSPS) is 19.4. The molecule has 6 aromatic carbocycles. The minimum Gasteiger partial charge on any atom is -1.00 e. The van der Waals surface area contributed by atoms with E-state index in [-0.39, 0.29) is 58.1 Å². The van der Waals surface area contributed by atoms with Gasteiger partial charge in [0.15, 0.2) is 17.3 Å². The molecule has 12 nitrogen and oxygen atoms in total. The van der Waals surface area contributed by atoms with Crippen molar-refractivity contribution in [2.75, 3.05) is 59.0 Å². The topological polar surface area (TPSA) is 156 Å². The number of phenolic OH excluding ortho intramolecular Hbond substituents is 1. The second kappa shape index (κ2) is 60.3. The number of ketones is 3. The van der Waals surface area contributed by atoms with Crippen LogP contribution in [0.4, 0.5) is 0 Å². The predicted molar refractivity (Wildman–Crippen MR) is 630 cm³/mol. The molecule has 7 heterocycles. The second-order valence-electron chi connectivity index (χ2n) is 45.9. The summed E-state index contributed by atoms with van der Waals surface area (Å²) in [5.41, 5.74) is 35.3. The van der Waals surface area contributed by atoms with Crippen molar-refractivity contribution in [1.82, 2.24) is 0 Å². The Hall–Kier alpha value is -8.89. The summed E-state index contributed by atoms with van der Waals surface area (Å²) in [5.74, 6) is 3.89. The largest absolute Gasteiger partial charge is 1.00 e. The number of benzene rings is 6. The summed E-state index contributed by atoms with van der Waals surface area (Å²) >= 11 is 0. The van der Waals surface area contributed by atoms with Crippen LogP contribution < -0.4 is 54.1 Å². The lowest BCUT2D eigenvalue weighted by molar-refractivity contribution is -0.140. The highest BCUT2D eigenvalue weighted by Crippen LogP contribution is 2.57. The minimum atomic E-state index is -1.76. The van der Waals surface area contributed by atoms with E-state index in [0.29, 0.717) is 60.5 Å². The van der Waals surface area contributed by atoms with Gasteiger partial charge in [-0.3, -0.25) is 14.4 Å². The number of Topliss-reactive ketones (excluding diaryl/α,β-unsaturated/α-hetero) is 3. The fourth-order valence-corrected chi connectivity index (χ4v) is 25.8. The van der Waals surface area contributed by atoms with Crippen LogP contribution in [-0.4, -0.2) is 109 Å². The molecule has 0 unspecified atom stereocenters. The average molecular weight is 2170 g/mol. The first-order chi connectivity index (χ1) is 70.9. The van der Waals surface area contributed by atoms with E-state index in [4.69, 9.17) is 28.4 Å². The number of aliphatic hydroxyl groups is 1. The Morgan fingerprint density at radius 1 is 0.340 bits per heavy atom. The highest BCUT2D eigenvalue weighted by atomic mass is 127. The number of carbonyl (C=O) groups is 3. The summed E-state index contributed by atoms with van der Waals surface area (Å²) in [5, 5.41) is 25.6. The lowest BCUT2D eigenvalue weighted by Crippen LogP contribution is -3.00. The molecule has 0 saturated carbocycles. The van der Waals surface area contributed by atoms with E-state index in [1.165, 1.54) is 163 Å². The Morgan fingerprint density at radius 3 is 0.933 bits per heavy atom. The van der Waals surface area contributed by atoms with Gasteiger partial charge in [-0.05, 0) is 511 Å². The molecule has 1 aliphatic carbocycles. The van der Waals surface area contributed by atoms with Crippen molar-refractivity contribution in [3.63, 3.8) is 0 Å². The Kier molecular flexibility index (Phi) is 50.1. The summed E-state index contributed by atoms with van der Waals surface area (Å²) in [4.78, 5) is 34.7. The van der Waals surface area contributed by atoms with Gasteiger partial charge in [0.05, 0.1) is 51.4 Å². The van der Waals surface area contributed by atoms with E-state index >= 15 is 0 Å². The maximum atomic E-state index is 12.6. The van der Waals surface area contributed by atoms with Crippen molar-refractivity contribution in [3.05, 3.63) is 319 Å². The Labute approximate surface area is 924 Å². The van der Waals surface area contributed by atoms with Crippen LogP contribution >= 0.6 is 7.26 Å². The number of ether oxygens (including phenoxy) is 7. The van der Waals surface area contributed by atoms with E-state index in [9.17, 15) is 24.6 Å². The third-order valence-electron chi connectivity index (χ3n) is 33.5. The number of rotatable bonds is 43. The van der Waals surface area contributed by atoms with Crippen molar-refractivity contribution in [1.29, 1.82) is 0 Å². The fourth-order valence-electron chi connectivity index (χ4n) is 21.5. The smallest absolute Gasteiger partial charge is 0.185 e. The maximum Gasteiger partial charge on any atom is 0.185 e. The van der Waals surface area contributed by atoms with Crippen molar-refractivity contribution in [2.24, 2.45) is 0 Å². The van der Waals surface area contributed by atoms with Crippen molar-refractivity contribution >= 4 is 40.5 Å². The van der Waals surface area contributed by atoms with E-state index < -0.39 is 12.9 Å². The van der Waals surface area contributed by atoms with Crippen LogP contribution in [0.25, 0.3) is 0 Å². The predicted octanol–water partition coefficient (Wildman–Crippen LogP) is 30.1.